The van der Waals surface area contributed by atoms with Gasteiger partial charge in [0.05, 0.1) is 25.7 Å². The summed E-state index contributed by atoms with van der Waals surface area (Å²) in [6.45, 7) is 28.5. The Morgan fingerprint density at radius 2 is 1.00 bits per heavy atom. The minimum absolute atomic E-state index is 0.0135. The molecule has 10 atom stereocenters. The van der Waals surface area contributed by atoms with Gasteiger partial charge in [-0.05, 0) is 56.5 Å². The van der Waals surface area contributed by atoms with E-state index in [-0.39, 0.29) is 87.7 Å². The van der Waals surface area contributed by atoms with Crippen LogP contribution in [0.4, 0.5) is 9.59 Å². The summed E-state index contributed by atoms with van der Waals surface area (Å²) >= 11 is 1.78. The summed E-state index contributed by atoms with van der Waals surface area (Å²) < 4.78 is 35.9. The highest BCUT2D eigenvalue weighted by Crippen LogP contribution is 2.66. The van der Waals surface area contributed by atoms with Crippen molar-refractivity contribution >= 4 is 57.4 Å². The lowest BCUT2D eigenvalue weighted by molar-refractivity contribution is -0.154. The first-order valence-corrected chi connectivity index (χ1v) is 29.0. The smallest absolute Gasteiger partial charge is 0.328 e. The Morgan fingerprint density at radius 3 is 1.36 bits per heavy atom. The Hall–Kier alpha value is -4.84. The molecule has 0 bridgehead atoms. The second kappa shape index (κ2) is 23.6. The molecule has 6 rings (SSSR count). The minimum atomic E-state index is -3.51. The lowest BCUT2D eigenvalue weighted by Gasteiger charge is -2.37. The van der Waals surface area contributed by atoms with E-state index in [1.54, 1.807) is 45.8 Å². The number of carbonyl (C=O) groups excluding carboxylic acids is 6. The zero-order chi connectivity index (χ0) is 55.5. The third-order valence-corrected chi connectivity index (χ3v) is 18.7. The molecule has 2 saturated carbocycles. The van der Waals surface area contributed by atoms with Gasteiger partial charge in [0.2, 0.25) is 11.8 Å². The number of nitrogens with zero attached hydrogens (tertiary/aromatic N) is 2. The van der Waals surface area contributed by atoms with E-state index >= 15 is 0 Å². The summed E-state index contributed by atoms with van der Waals surface area (Å²) in [6, 6.07) is 14.5. The summed E-state index contributed by atoms with van der Waals surface area (Å²) in [4.78, 5) is 82.3. The minimum Gasteiger partial charge on any atom is -0.467 e. The van der Waals surface area contributed by atoms with Gasteiger partial charge >= 0.3 is 24.0 Å². The molecule has 4 N–H and O–H groups in total. The largest absolute Gasteiger partial charge is 0.467 e. The zero-order valence-corrected chi connectivity index (χ0v) is 48.4. The van der Waals surface area contributed by atoms with E-state index in [2.05, 4.69) is 74.9 Å². The van der Waals surface area contributed by atoms with E-state index in [9.17, 15) is 37.2 Å². The first-order chi connectivity index (χ1) is 34.3. The molecule has 2 aromatic carbocycles. The van der Waals surface area contributed by atoms with Crippen molar-refractivity contribution in [1.29, 1.82) is 0 Å². The van der Waals surface area contributed by atoms with Crippen LogP contribution in [0.3, 0.4) is 0 Å². The zero-order valence-electron chi connectivity index (χ0n) is 46.7. The van der Waals surface area contributed by atoms with Gasteiger partial charge in [-0.3, -0.25) is 9.59 Å². The third kappa shape index (κ3) is 14.3. The van der Waals surface area contributed by atoms with E-state index in [0.717, 1.165) is 11.5 Å². The van der Waals surface area contributed by atoms with Gasteiger partial charge in [-0.15, -0.1) is 0 Å². The molecule has 0 unspecified atom stereocenters. The lowest BCUT2D eigenvalue weighted by atomic mass is 9.85. The summed E-state index contributed by atoms with van der Waals surface area (Å²) in [5.74, 6) is 0.557. The van der Waals surface area contributed by atoms with Crippen LogP contribution < -0.4 is 21.3 Å². The Kier molecular flexibility index (Phi) is 19.1. The maximum absolute atomic E-state index is 13.8. The fraction of sp³-hybridized carbons (Fsp3) is 0.679. The number of thioether (sulfide) groups is 1. The average Bonchev–Trinajstić information content (AvgIpc) is 3.75. The van der Waals surface area contributed by atoms with Crippen LogP contribution in [0, 0.1) is 57.2 Å². The second-order valence-corrected chi connectivity index (χ2v) is 28.0. The Balaban J connectivity index is 0.000000274. The maximum Gasteiger partial charge on any atom is 0.328 e. The first-order valence-electron chi connectivity index (χ1n) is 26.0. The van der Waals surface area contributed by atoms with Crippen LogP contribution >= 0.6 is 11.8 Å². The molecule has 412 valence electrons. The lowest BCUT2D eigenvalue weighted by Crippen LogP contribution is -2.60. The Bertz CT molecular complexity index is 2420. The van der Waals surface area contributed by atoms with Crippen molar-refractivity contribution in [2.75, 3.05) is 38.8 Å². The molecule has 6 amide bonds. The highest BCUT2D eigenvalue weighted by atomic mass is 32.2. The molecule has 2 aromatic rings. The van der Waals surface area contributed by atoms with Crippen LogP contribution in [0.2, 0.25) is 0 Å². The predicted octanol–water partition coefficient (Wildman–Crippen LogP) is 7.31. The number of ether oxygens (including phenoxy) is 2. The summed E-state index contributed by atoms with van der Waals surface area (Å²) in [6.07, 6.45) is 0. The number of rotatable bonds is 18. The third-order valence-electron chi connectivity index (χ3n) is 16.0. The SMILES string of the molecule is COC(=O)[C@@H]1[C@@H]2[C@H](CN1C(=O)[C@@H](NC(=O)N[C@H](CS(=O)(=O)Cc1ccccc1)C(C)C)C(C)(C)C)C2(C)C.COC(=O)[C@@H]1[C@@H]2[C@H](CN1C(=O)[C@@H](NC(=O)N[C@H](CSCc1ccccc1)C(C)C)C(C)(C)C)C2(C)C. The van der Waals surface area contributed by atoms with Crippen molar-refractivity contribution < 1.29 is 46.7 Å². The van der Waals surface area contributed by atoms with E-state index in [1.807, 2.05) is 79.7 Å². The van der Waals surface area contributed by atoms with Crippen LogP contribution in [-0.4, -0.2) is 129 Å². The normalized spacial score (nSPS) is 23.9. The number of methoxy groups -OCH3 is 2. The number of hydrogen-bond donors (Lipinski definition) is 4. The van der Waals surface area contributed by atoms with Gasteiger partial charge in [0.25, 0.3) is 0 Å². The van der Waals surface area contributed by atoms with Crippen molar-refractivity contribution in [3.8, 4) is 0 Å². The highest BCUT2D eigenvalue weighted by Gasteiger charge is 2.71. The van der Waals surface area contributed by atoms with Gasteiger partial charge in [0.15, 0.2) is 9.84 Å². The molecule has 4 aliphatic rings. The maximum atomic E-state index is 13.8. The molecule has 0 spiro atoms. The molecular weight excluding hydrogens is 981 g/mol. The number of likely N-dealkylation sites (tertiary alicyclic amines) is 2. The number of benzene rings is 2. The van der Waals surface area contributed by atoms with Crippen molar-refractivity contribution in [3.05, 3.63) is 71.8 Å². The fourth-order valence-electron chi connectivity index (χ4n) is 11.0. The number of sulfone groups is 1. The summed E-state index contributed by atoms with van der Waals surface area (Å²) in [5.41, 5.74) is 0.703. The van der Waals surface area contributed by atoms with Gasteiger partial charge in [-0.1, -0.05) is 158 Å². The molecule has 74 heavy (non-hydrogen) atoms. The number of nitrogens with one attached hydrogen (secondary N) is 4. The van der Waals surface area contributed by atoms with Gasteiger partial charge in [-0.25, -0.2) is 27.6 Å². The van der Waals surface area contributed by atoms with Gasteiger partial charge in [0.1, 0.15) is 24.2 Å². The molecule has 16 nitrogen and oxygen atoms in total. The Morgan fingerprint density at radius 1 is 0.622 bits per heavy atom. The van der Waals surface area contributed by atoms with Gasteiger partial charge in [0, 0.05) is 48.5 Å². The van der Waals surface area contributed by atoms with Crippen LogP contribution in [-0.2, 0) is 50.0 Å². The molecular formula is C56H86N6O10S2. The van der Waals surface area contributed by atoms with Crippen molar-refractivity contribution in [2.24, 2.45) is 57.2 Å². The van der Waals surface area contributed by atoms with E-state index in [0.29, 0.717) is 18.7 Å². The predicted molar refractivity (Wildman–Crippen MR) is 290 cm³/mol. The quantitative estimate of drug-likeness (QED) is 0.109. The molecule has 0 aromatic heterocycles. The number of carbonyl (C=O) groups is 6. The Labute approximate surface area is 445 Å². The number of piperidine rings is 2. The molecule has 2 saturated heterocycles. The topological polar surface area (TPSA) is 210 Å². The fourth-order valence-corrected chi connectivity index (χ4v) is 14.1. The van der Waals surface area contributed by atoms with Crippen molar-refractivity contribution in [3.63, 3.8) is 0 Å². The molecule has 4 fully saturated rings. The van der Waals surface area contributed by atoms with Crippen LogP contribution in [0.25, 0.3) is 0 Å². The standard InChI is InChI=1S/C28H43N3O6S.C28H43N3O4S/c1-17(2)20(16-38(35,36)15-18-12-10-9-11-13-18)29-26(34)30-23(27(3,4)5)24(32)31-14-19-21(28(19,6)7)22(31)25(33)37-8;1-17(2)20(16-36-15-18-12-10-9-11-13-18)29-26(34)30-23(27(3,4)5)24(32)31-14-19-21(28(19,6)7)22(31)25(33)35-8/h9-13,17,19-23H,14-16H2,1-8H3,(H2,29,30,34);9-13,17,19-23H,14-16H2,1-8H3,(H2,29,30,34)/t2*19-,20+,21-,22-,23+/m00/s1. The first kappa shape index (κ1) is 60.0. The second-order valence-electron chi connectivity index (χ2n) is 24.9. The van der Waals surface area contributed by atoms with Gasteiger partial charge < -0.3 is 40.5 Å². The molecule has 2 aliphatic carbocycles. The van der Waals surface area contributed by atoms with E-state index < -0.39 is 62.9 Å². The van der Waals surface area contributed by atoms with Crippen LogP contribution in [0.15, 0.2) is 60.7 Å². The number of fused-ring (bicyclic) bond motifs is 2. The number of esters is 2. The summed E-state index contributed by atoms with van der Waals surface area (Å²) in [5, 5.41) is 11.6. The van der Waals surface area contributed by atoms with Crippen molar-refractivity contribution in [1.82, 2.24) is 31.1 Å². The molecule has 2 heterocycles. The molecule has 2 aliphatic heterocycles. The molecule has 0 radical (unpaired) electrons. The summed E-state index contributed by atoms with van der Waals surface area (Å²) in [7, 11) is -0.830. The number of hydrogen-bond acceptors (Lipinski definition) is 11. The van der Waals surface area contributed by atoms with E-state index in [4.69, 9.17) is 9.47 Å². The average molecular weight is 1070 g/mol. The van der Waals surface area contributed by atoms with Gasteiger partial charge in [-0.2, -0.15) is 11.8 Å². The number of amides is 6. The van der Waals surface area contributed by atoms with E-state index in [1.165, 1.54) is 19.8 Å². The monoisotopic (exact) mass is 1070 g/mol. The van der Waals surface area contributed by atoms with Crippen LogP contribution in [0.5, 0.6) is 0 Å². The highest BCUT2D eigenvalue weighted by molar-refractivity contribution is 7.98. The number of urea groups is 2. The van der Waals surface area contributed by atoms with Crippen molar-refractivity contribution in [2.45, 2.75) is 145 Å². The van der Waals surface area contributed by atoms with Crippen LogP contribution in [0.1, 0.15) is 108 Å². The molecule has 18 heteroatoms.